The molecule has 1 saturated heterocycles. The second-order valence-electron chi connectivity index (χ2n) is 7.87. The lowest BCUT2D eigenvalue weighted by molar-refractivity contribution is -0.154. The van der Waals surface area contributed by atoms with Gasteiger partial charge in [0.15, 0.2) is 0 Å². The van der Waals surface area contributed by atoms with Gasteiger partial charge in [-0.05, 0) is 50.6 Å². The van der Waals surface area contributed by atoms with Crippen LogP contribution in [-0.4, -0.2) is 22.6 Å². The highest BCUT2D eigenvalue weighted by molar-refractivity contribution is 6.32. The zero-order chi connectivity index (χ0) is 23.0. The Balaban J connectivity index is 1.89. The summed E-state index contributed by atoms with van der Waals surface area (Å²) in [6.45, 7) is 2.92. The molecule has 1 N–H and O–H groups in total. The minimum atomic E-state index is -5.01. The molecule has 0 saturated carbocycles. The van der Waals surface area contributed by atoms with Gasteiger partial charge in [-0.25, -0.2) is 0 Å². The summed E-state index contributed by atoms with van der Waals surface area (Å²) >= 11 is 6.00. The third-order valence-corrected chi connectivity index (χ3v) is 6.02. The van der Waals surface area contributed by atoms with Crippen LogP contribution in [0.3, 0.4) is 0 Å². The maximum atomic E-state index is 13.9. The quantitative estimate of drug-likeness (QED) is 0.485. The highest BCUT2D eigenvalue weighted by Gasteiger charge is 2.41. The summed E-state index contributed by atoms with van der Waals surface area (Å²) in [6.07, 6.45) is -2.05. The van der Waals surface area contributed by atoms with Crippen molar-refractivity contribution in [3.05, 3.63) is 63.0 Å². The largest absolute Gasteiger partial charge is 0.507 e. The number of phenols is 1. The molecular formula is C23H21ClF3NO4. The molecule has 3 aromatic rings. The number of fused-ring (bicyclic) bond motifs is 1. The lowest BCUT2D eigenvalue weighted by atomic mass is 10.0. The van der Waals surface area contributed by atoms with Gasteiger partial charge in [0.05, 0.1) is 16.0 Å². The predicted octanol–water partition coefficient (Wildman–Crippen LogP) is 6.34. The Morgan fingerprint density at radius 2 is 1.97 bits per heavy atom. The van der Waals surface area contributed by atoms with E-state index in [4.69, 9.17) is 20.8 Å². The van der Waals surface area contributed by atoms with Crippen LogP contribution >= 0.6 is 11.6 Å². The fourth-order valence-corrected chi connectivity index (χ4v) is 4.13. The fraction of sp³-hybridized carbons (Fsp3) is 0.348. The molecule has 1 aliphatic heterocycles. The highest BCUT2D eigenvalue weighted by atomic mass is 35.5. The summed E-state index contributed by atoms with van der Waals surface area (Å²) < 4.78 is 52.3. The molecule has 4 rings (SSSR count). The minimum Gasteiger partial charge on any atom is -0.507 e. The molecule has 2 heterocycles. The van der Waals surface area contributed by atoms with E-state index >= 15 is 0 Å². The second-order valence-corrected chi connectivity index (χ2v) is 8.28. The second kappa shape index (κ2) is 8.67. The van der Waals surface area contributed by atoms with E-state index < -0.39 is 23.1 Å². The Morgan fingerprint density at radius 3 is 2.66 bits per heavy atom. The molecule has 0 amide bonds. The van der Waals surface area contributed by atoms with Gasteiger partial charge in [0.1, 0.15) is 17.1 Å². The van der Waals surface area contributed by atoms with E-state index in [0.717, 1.165) is 25.8 Å². The van der Waals surface area contributed by atoms with Gasteiger partial charge >= 0.3 is 6.18 Å². The van der Waals surface area contributed by atoms with Crippen molar-refractivity contribution in [1.82, 2.24) is 4.90 Å². The summed E-state index contributed by atoms with van der Waals surface area (Å²) in [7, 11) is 0. The molecule has 170 valence electrons. The van der Waals surface area contributed by atoms with Crippen LogP contribution in [0.15, 0.2) is 45.6 Å². The van der Waals surface area contributed by atoms with E-state index in [1.807, 2.05) is 6.92 Å². The predicted molar refractivity (Wildman–Crippen MR) is 114 cm³/mol. The molecule has 0 spiro atoms. The number of para-hydroxylation sites is 1. The van der Waals surface area contributed by atoms with Crippen LogP contribution in [0.25, 0.3) is 11.0 Å². The van der Waals surface area contributed by atoms with Crippen LogP contribution in [0.5, 0.6) is 17.2 Å². The van der Waals surface area contributed by atoms with Gasteiger partial charge in [0.25, 0.3) is 5.76 Å². The normalized spacial score (nSPS) is 17.6. The number of hydrogen-bond acceptors (Lipinski definition) is 5. The van der Waals surface area contributed by atoms with Crippen molar-refractivity contribution in [2.75, 3.05) is 6.54 Å². The van der Waals surface area contributed by atoms with Crippen molar-refractivity contribution in [2.45, 2.75) is 44.9 Å². The van der Waals surface area contributed by atoms with Crippen molar-refractivity contribution in [3.8, 4) is 17.2 Å². The summed E-state index contributed by atoms with van der Waals surface area (Å²) in [5.74, 6) is -2.91. The Morgan fingerprint density at radius 1 is 1.22 bits per heavy atom. The maximum absolute atomic E-state index is 13.9. The van der Waals surface area contributed by atoms with Gasteiger partial charge in [-0.2, -0.15) is 13.2 Å². The molecule has 1 unspecified atom stereocenters. The molecule has 1 aliphatic rings. The molecule has 2 aromatic carbocycles. The number of ether oxygens (including phenoxy) is 1. The number of halogens is 4. The van der Waals surface area contributed by atoms with Crippen LogP contribution in [0.1, 0.15) is 37.5 Å². The number of aromatic hydroxyl groups is 1. The number of nitrogens with zero attached hydrogens (tertiary/aromatic N) is 1. The zero-order valence-corrected chi connectivity index (χ0v) is 18.0. The molecule has 5 nitrogen and oxygen atoms in total. The lowest BCUT2D eigenvalue weighted by Gasteiger charge is -2.33. The van der Waals surface area contributed by atoms with Gasteiger partial charge < -0.3 is 14.3 Å². The Hall–Kier alpha value is -2.71. The smallest absolute Gasteiger partial charge is 0.453 e. The third-order valence-electron chi connectivity index (χ3n) is 5.70. The van der Waals surface area contributed by atoms with Crippen molar-refractivity contribution in [3.63, 3.8) is 0 Å². The average Bonchev–Trinajstić information content (AvgIpc) is 2.74. The first-order valence-electron chi connectivity index (χ1n) is 10.2. The minimum absolute atomic E-state index is 0.0469. The Bertz CT molecular complexity index is 1210. The molecular weight excluding hydrogens is 447 g/mol. The Labute approximate surface area is 187 Å². The van der Waals surface area contributed by atoms with Gasteiger partial charge in [-0.15, -0.1) is 0 Å². The summed E-state index contributed by atoms with van der Waals surface area (Å²) in [5, 5.41) is 10.4. The molecule has 1 aromatic heterocycles. The standard InChI is InChI=1S/C23H21ClF3NO4/c1-13-6-4-5-11-28(13)12-15-17(29)10-9-14-19(30)21(22(23(25,26)27)32-20(14)15)31-18-8-3-2-7-16(18)24/h2-3,7-10,13,29H,4-6,11-12H2,1H3. The molecule has 0 radical (unpaired) electrons. The van der Waals surface area contributed by atoms with Gasteiger partial charge in [-0.3, -0.25) is 9.69 Å². The van der Waals surface area contributed by atoms with Crippen molar-refractivity contribution in [2.24, 2.45) is 0 Å². The first-order valence-corrected chi connectivity index (χ1v) is 10.6. The van der Waals surface area contributed by atoms with E-state index in [2.05, 4.69) is 4.90 Å². The number of benzene rings is 2. The fourth-order valence-electron chi connectivity index (χ4n) is 3.95. The monoisotopic (exact) mass is 467 g/mol. The van der Waals surface area contributed by atoms with Crippen LogP contribution in [0.2, 0.25) is 5.02 Å². The first kappa shape index (κ1) is 22.5. The maximum Gasteiger partial charge on any atom is 0.453 e. The topological polar surface area (TPSA) is 62.9 Å². The molecule has 0 aliphatic carbocycles. The first-order chi connectivity index (χ1) is 15.2. The molecule has 32 heavy (non-hydrogen) atoms. The van der Waals surface area contributed by atoms with E-state index in [-0.39, 0.29) is 45.6 Å². The highest BCUT2D eigenvalue weighted by Crippen LogP contribution is 2.41. The summed E-state index contributed by atoms with van der Waals surface area (Å²) in [6, 6.07) is 8.60. The summed E-state index contributed by atoms with van der Waals surface area (Å²) in [4.78, 5) is 15.2. The number of rotatable bonds is 4. The number of likely N-dealkylation sites (tertiary alicyclic amines) is 1. The zero-order valence-electron chi connectivity index (χ0n) is 17.2. The molecule has 1 atom stereocenters. The SMILES string of the molecule is CC1CCCCN1Cc1c(O)ccc2c(=O)c(Oc3ccccc3Cl)c(C(F)(F)F)oc12. The number of hydrogen-bond donors (Lipinski definition) is 1. The van der Waals surface area contributed by atoms with Gasteiger partial charge in [-0.1, -0.05) is 30.2 Å². The Kier molecular flexibility index (Phi) is 6.09. The van der Waals surface area contributed by atoms with Gasteiger partial charge in [0.2, 0.25) is 11.2 Å². The van der Waals surface area contributed by atoms with E-state index in [0.29, 0.717) is 0 Å². The molecule has 9 heteroatoms. The van der Waals surface area contributed by atoms with Crippen LogP contribution in [-0.2, 0) is 12.7 Å². The lowest BCUT2D eigenvalue weighted by Crippen LogP contribution is -2.36. The van der Waals surface area contributed by atoms with Crippen molar-refractivity contribution < 1.29 is 27.4 Å². The number of alkyl halides is 3. The van der Waals surface area contributed by atoms with Crippen molar-refractivity contribution >= 4 is 22.6 Å². The van der Waals surface area contributed by atoms with E-state index in [1.165, 1.54) is 30.3 Å². The van der Waals surface area contributed by atoms with E-state index in [9.17, 15) is 23.1 Å². The van der Waals surface area contributed by atoms with Crippen LogP contribution in [0.4, 0.5) is 13.2 Å². The average molecular weight is 468 g/mol. The number of piperidine rings is 1. The molecule has 1 fully saturated rings. The van der Waals surface area contributed by atoms with E-state index in [1.54, 1.807) is 6.07 Å². The van der Waals surface area contributed by atoms with Crippen LogP contribution < -0.4 is 10.2 Å². The molecule has 0 bridgehead atoms. The van der Waals surface area contributed by atoms with Crippen LogP contribution in [0, 0.1) is 0 Å². The summed E-state index contributed by atoms with van der Waals surface area (Å²) in [5.41, 5.74) is -1.15. The van der Waals surface area contributed by atoms with Gasteiger partial charge in [0, 0.05) is 12.6 Å². The third kappa shape index (κ3) is 4.29. The van der Waals surface area contributed by atoms with Crippen molar-refractivity contribution in [1.29, 1.82) is 0 Å². The number of phenolic OH excluding ortho intramolecular Hbond substituents is 1.